The van der Waals surface area contributed by atoms with Crippen LogP contribution in [-0.2, 0) is 0 Å². The number of rotatable bonds is 4. The number of hydrogen-bond acceptors (Lipinski definition) is 4. The summed E-state index contributed by atoms with van der Waals surface area (Å²) in [5.74, 6) is 0.898. The van der Waals surface area contributed by atoms with Gasteiger partial charge in [0.05, 0.1) is 9.85 Å². The third-order valence-electron chi connectivity index (χ3n) is 3.02. The third-order valence-corrected chi connectivity index (χ3v) is 3.02. The molecule has 2 aromatic carbocycles. The van der Waals surface area contributed by atoms with Crippen molar-refractivity contribution in [3.63, 3.8) is 0 Å². The maximum atomic E-state index is 10.6. The minimum absolute atomic E-state index is 0.0326. The Morgan fingerprint density at radius 3 is 1.30 bits per heavy atom. The Labute approximate surface area is 115 Å². The van der Waals surface area contributed by atoms with Gasteiger partial charge in [-0.2, -0.15) is 0 Å². The van der Waals surface area contributed by atoms with E-state index in [1.54, 1.807) is 24.3 Å². The predicted molar refractivity (Wildman–Crippen MR) is 73.3 cm³/mol. The summed E-state index contributed by atoms with van der Waals surface area (Å²) in [4.78, 5) is 20.3. The van der Waals surface area contributed by atoms with Crippen molar-refractivity contribution in [2.75, 3.05) is 0 Å². The van der Waals surface area contributed by atoms with Crippen LogP contribution in [0.25, 0.3) is 0 Å². The molecular weight excluding hydrogens is 260 g/mol. The first-order valence-corrected chi connectivity index (χ1v) is 5.82. The van der Waals surface area contributed by atoms with E-state index in [1.165, 1.54) is 24.3 Å². The van der Waals surface area contributed by atoms with Gasteiger partial charge in [0.25, 0.3) is 11.4 Å². The van der Waals surface area contributed by atoms with Crippen LogP contribution in [0.2, 0.25) is 0 Å². The summed E-state index contributed by atoms with van der Waals surface area (Å²) in [6, 6.07) is 12.4. The van der Waals surface area contributed by atoms with Crippen LogP contribution in [0.15, 0.2) is 48.5 Å². The maximum Gasteiger partial charge on any atom is 0.269 e. The molecule has 0 amide bonds. The minimum atomic E-state index is -0.453. The molecular formula is C14H11N2O4. The molecule has 20 heavy (non-hydrogen) atoms. The van der Waals surface area contributed by atoms with Crippen molar-refractivity contribution < 1.29 is 9.85 Å². The molecule has 0 aliphatic carbocycles. The molecule has 2 aromatic rings. The lowest BCUT2D eigenvalue weighted by Gasteiger charge is -2.11. The Hall–Kier alpha value is -2.76. The lowest BCUT2D eigenvalue weighted by molar-refractivity contribution is -0.385. The van der Waals surface area contributed by atoms with Gasteiger partial charge in [-0.25, -0.2) is 0 Å². The molecule has 0 fully saturated rings. The SMILES string of the molecule is C[C](c1ccc([N+](=O)[O-])cc1)c1ccc([N+](=O)[O-])cc1. The molecule has 0 heterocycles. The van der Waals surface area contributed by atoms with E-state index < -0.39 is 9.85 Å². The minimum Gasteiger partial charge on any atom is -0.258 e. The zero-order valence-electron chi connectivity index (χ0n) is 10.6. The molecule has 0 N–H and O–H groups in total. The van der Waals surface area contributed by atoms with Gasteiger partial charge in [0.1, 0.15) is 0 Å². The second kappa shape index (κ2) is 5.48. The highest BCUT2D eigenvalue weighted by molar-refractivity contribution is 5.49. The summed E-state index contributed by atoms with van der Waals surface area (Å²) in [5, 5.41) is 21.2. The summed E-state index contributed by atoms with van der Waals surface area (Å²) >= 11 is 0. The molecule has 6 nitrogen and oxygen atoms in total. The third kappa shape index (κ3) is 2.80. The molecule has 0 aliphatic heterocycles. The lowest BCUT2D eigenvalue weighted by atomic mass is 9.93. The molecule has 2 rings (SSSR count). The van der Waals surface area contributed by atoms with Crippen molar-refractivity contribution in [2.24, 2.45) is 0 Å². The molecule has 0 saturated carbocycles. The van der Waals surface area contributed by atoms with Crippen LogP contribution in [0, 0.1) is 26.1 Å². The largest absolute Gasteiger partial charge is 0.269 e. The average molecular weight is 271 g/mol. The number of nitrogens with zero attached hydrogens (tertiary/aromatic N) is 2. The molecule has 6 heteroatoms. The number of non-ortho nitro benzene ring substituents is 2. The Balaban J connectivity index is 2.24. The molecule has 0 saturated heterocycles. The van der Waals surface area contributed by atoms with Gasteiger partial charge in [-0.05, 0) is 11.1 Å². The second-order valence-corrected chi connectivity index (χ2v) is 4.23. The predicted octanol–water partition coefficient (Wildman–Crippen LogP) is 3.49. The first-order chi connectivity index (χ1) is 9.49. The fourth-order valence-electron chi connectivity index (χ4n) is 1.83. The molecule has 0 bridgehead atoms. The van der Waals surface area contributed by atoms with Gasteiger partial charge < -0.3 is 0 Å². The number of hydrogen-bond donors (Lipinski definition) is 0. The number of nitro groups is 2. The van der Waals surface area contributed by atoms with Crippen molar-refractivity contribution in [2.45, 2.75) is 6.92 Å². The highest BCUT2D eigenvalue weighted by atomic mass is 16.6. The van der Waals surface area contributed by atoms with Crippen molar-refractivity contribution in [3.05, 3.63) is 85.8 Å². The molecule has 0 unspecified atom stereocenters. The molecule has 0 aromatic heterocycles. The van der Waals surface area contributed by atoms with Crippen molar-refractivity contribution >= 4 is 11.4 Å². The quantitative estimate of drug-likeness (QED) is 0.629. The van der Waals surface area contributed by atoms with E-state index in [2.05, 4.69) is 0 Å². The molecule has 1 radical (unpaired) electrons. The molecule has 0 atom stereocenters. The molecule has 0 spiro atoms. The summed E-state index contributed by atoms with van der Waals surface area (Å²) in [6.07, 6.45) is 0. The first-order valence-electron chi connectivity index (χ1n) is 5.82. The van der Waals surface area contributed by atoms with Gasteiger partial charge in [0, 0.05) is 30.2 Å². The van der Waals surface area contributed by atoms with Crippen molar-refractivity contribution in [3.8, 4) is 0 Å². The van der Waals surface area contributed by atoms with Crippen LogP contribution in [0.1, 0.15) is 18.1 Å². The van der Waals surface area contributed by atoms with Crippen LogP contribution in [0.4, 0.5) is 11.4 Å². The van der Waals surface area contributed by atoms with Gasteiger partial charge in [-0.1, -0.05) is 31.2 Å². The lowest BCUT2D eigenvalue weighted by Crippen LogP contribution is -1.98. The monoisotopic (exact) mass is 271 g/mol. The summed E-state index contributed by atoms with van der Waals surface area (Å²) < 4.78 is 0. The van der Waals surface area contributed by atoms with E-state index in [0.717, 1.165) is 17.0 Å². The summed E-state index contributed by atoms with van der Waals surface area (Å²) in [7, 11) is 0. The van der Waals surface area contributed by atoms with Gasteiger partial charge >= 0.3 is 0 Å². The molecule has 101 valence electrons. The fourth-order valence-corrected chi connectivity index (χ4v) is 1.83. The maximum absolute atomic E-state index is 10.6. The van der Waals surface area contributed by atoms with Crippen LogP contribution < -0.4 is 0 Å². The van der Waals surface area contributed by atoms with E-state index in [-0.39, 0.29) is 11.4 Å². The number of benzene rings is 2. The van der Waals surface area contributed by atoms with Crippen molar-refractivity contribution in [1.29, 1.82) is 0 Å². The van der Waals surface area contributed by atoms with E-state index in [0.29, 0.717) is 0 Å². The van der Waals surface area contributed by atoms with Crippen LogP contribution >= 0.6 is 0 Å². The van der Waals surface area contributed by atoms with Crippen LogP contribution in [0.5, 0.6) is 0 Å². The van der Waals surface area contributed by atoms with Crippen LogP contribution in [0.3, 0.4) is 0 Å². The van der Waals surface area contributed by atoms with E-state index in [1.807, 2.05) is 6.92 Å². The topological polar surface area (TPSA) is 86.3 Å². The second-order valence-electron chi connectivity index (χ2n) is 4.23. The Morgan fingerprint density at radius 1 is 0.750 bits per heavy atom. The zero-order chi connectivity index (χ0) is 14.7. The smallest absolute Gasteiger partial charge is 0.258 e. The molecule has 0 aliphatic rings. The summed E-state index contributed by atoms with van der Waals surface area (Å²) in [5.41, 5.74) is 1.74. The Kier molecular flexibility index (Phi) is 3.74. The zero-order valence-corrected chi connectivity index (χ0v) is 10.6. The highest BCUT2D eigenvalue weighted by Gasteiger charge is 2.13. The van der Waals surface area contributed by atoms with E-state index in [9.17, 15) is 20.2 Å². The standard InChI is InChI=1S/C14H11N2O4/c1-10(11-2-6-13(7-3-11)15(17)18)12-4-8-14(9-5-12)16(19)20/h2-9H,1H3. The highest BCUT2D eigenvalue weighted by Crippen LogP contribution is 2.26. The van der Waals surface area contributed by atoms with Gasteiger partial charge in [-0.15, -0.1) is 0 Å². The van der Waals surface area contributed by atoms with E-state index >= 15 is 0 Å². The Morgan fingerprint density at radius 2 is 1.05 bits per heavy atom. The van der Waals surface area contributed by atoms with Gasteiger partial charge in [0.15, 0.2) is 0 Å². The average Bonchev–Trinajstić information content (AvgIpc) is 2.46. The first kappa shape index (κ1) is 13.7. The fraction of sp³-hybridized carbons (Fsp3) is 0.0714. The van der Waals surface area contributed by atoms with Gasteiger partial charge in [0.2, 0.25) is 0 Å². The van der Waals surface area contributed by atoms with E-state index in [4.69, 9.17) is 0 Å². The van der Waals surface area contributed by atoms with Crippen molar-refractivity contribution in [1.82, 2.24) is 0 Å². The Bertz CT molecular complexity index is 578. The summed E-state index contributed by atoms with van der Waals surface area (Å²) in [6.45, 7) is 1.86. The van der Waals surface area contributed by atoms with Gasteiger partial charge in [-0.3, -0.25) is 20.2 Å². The van der Waals surface area contributed by atoms with Crippen LogP contribution in [-0.4, -0.2) is 9.85 Å². The number of nitro benzene ring substituents is 2. The normalized spacial score (nSPS) is 10.5.